The smallest absolute Gasteiger partial charge is 0.253 e. The number of rotatable bonds is 5. The van der Waals surface area contributed by atoms with Gasteiger partial charge in [0, 0.05) is 25.2 Å². The van der Waals surface area contributed by atoms with Crippen molar-refractivity contribution in [1.82, 2.24) is 10.2 Å². The molecule has 1 aliphatic rings. The lowest BCUT2D eigenvalue weighted by molar-refractivity contribution is 0.0713. The molecule has 0 atom stereocenters. The van der Waals surface area contributed by atoms with Crippen LogP contribution in [0.15, 0.2) is 60.7 Å². The number of nitrogens with one attached hydrogen (secondary N) is 1. The zero-order valence-corrected chi connectivity index (χ0v) is 19.7. The van der Waals surface area contributed by atoms with Crippen molar-refractivity contribution in [2.45, 2.75) is 38.4 Å². The van der Waals surface area contributed by atoms with E-state index in [1.807, 2.05) is 61.4 Å². The number of amides is 1. The fourth-order valence-corrected chi connectivity index (χ4v) is 6.08. The van der Waals surface area contributed by atoms with E-state index in [-0.39, 0.29) is 5.91 Å². The van der Waals surface area contributed by atoms with Crippen LogP contribution >= 0.6 is 0 Å². The largest absolute Gasteiger partial charge is 0.428 e. The van der Waals surface area contributed by atoms with Crippen LogP contribution in [0.2, 0.25) is 13.1 Å². The number of fused-ring (bicyclic) bond motifs is 1. The van der Waals surface area contributed by atoms with Crippen LogP contribution in [-0.4, -0.2) is 44.1 Å². The molecule has 2 N–H and O–H groups in total. The first kappa shape index (κ1) is 21.7. The Morgan fingerprint density at radius 2 is 1.81 bits per heavy atom. The Balaban J connectivity index is 1.50. The minimum Gasteiger partial charge on any atom is -0.428 e. The number of carbonyl (C=O) groups is 1. The summed E-state index contributed by atoms with van der Waals surface area (Å²) in [5, 5.41) is 6.28. The van der Waals surface area contributed by atoms with Crippen LogP contribution in [0.5, 0.6) is 0 Å². The molecule has 1 saturated heterocycles. The maximum absolute atomic E-state index is 13.3. The van der Waals surface area contributed by atoms with Crippen molar-refractivity contribution in [3.05, 3.63) is 77.4 Å². The molecule has 0 aromatic heterocycles. The average molecular weight is 433 g/mol. The quantitative estimate of drug-likeness (QED) is 0.600. The Hall–Kier alpha value is -2.47. The molecule has 4 rings (SSSR count). The predicted molar refractivity (Wildman–Crippen MR) is 130 cm³/mol. The summed E-state index contributed by atoms with van der Waals surface area (Å²) in [6, 6.07) is 20.7. The van der Waals surface area contributed by atoms with E-state index in [0.717, 1.165) is 48.4 Å². The summed E-state index contributed by atoms with van der Waals surface area (Å²) in [5.41, 5.74) is 3.40. The molecular formula is C26H32N2O2Si. The molecule has 1 fully saturated rings. The summed E-state index contributed by atoms with van der Waals surface area (Å²) in [7, 11) is -0.513. The highest BCUT2D eigenvalue weighted by Crippen LogP contribution is 2.29. The van der Waals surface area contributed by atoms with Gasteiger partial charge in [0.25, 0.3) is 5.91 Å². The van der Waals surface area contributed by atoms with E-state index in [9.17, 15) is 9.59 Å². The highest BCUT2D eigenvalue weighted by Gasteiger charge is 2.26. The normalized spacial score (nSPS) is 15.4. The molecule has 0 saturated carbocycles. The van der Waals surface area contributed by atoms with Crippen molar-refractivity contribution in [3.63, 3.8) is 0 Å². The molecule has 0 radical (unpaired) electrons. The van der Waals surface area contributed by atoms with Gasteiger partial charge in [-0.25, -0.2) is 0 Å². The zero-order valence-electron chi connectivity index (χ0n) is 18.7. The van der Waals surface area contributed by atoms with Crippen LogP contribution in [-0.2, 0) is 6.54 Å². The van der Waals surface area contributed by atoms with Crippen LogP contribution < -0.4 is 10.5 Å². The van der Waals surface area contributed by atoms with Crippen molar-refractivity contribution in [3.8, 4) is 0 Å². The van der Waals surface area contributed by atoms with Gasteiger partial charge in [0.05, 0.1) is 0 Å². The van der Waals surface area contributed by atoms with Gasteiger partial charge < -0.3 is 15.0 Å². The SMILES string of the molecule is CNCc1cccc(C2CCN(C(=O)c3ccc4cccc([Si](C)(C)O)c4c3)CC2)c1. The molecule has 5 heteroatoms. The molecule has 1 aliphatic heterocycles. The lowest BCUT2D eigenvalue weighted by atomic mass is 9.88. The summed E-state index contributed by atoms with van der Waals surface area (Å²) in [4.78, 5) is 25.9. The lowest BCUT2D eigenvalue weighted by Gasteiger charge is -2.32. The molecule has 0 spiro atoms. The standard InChI is InChI=1S/C26H32N2O2Si/c1-27-18-19-6-4-8-22(16-19)20-12-14-28(15-13-20)26(29)23-11-10-21-7-5-9-25(24(21)17-23)31(2,3)30/h4-11,16-17,20,27,30H,12-15,18H2,1-3H3. The van der Waals surface area contributed by atoms with Crippen LogP contribution in [0.1, 0.15) is 40.2 Å². The van der Waals surface area contributed by atoms with Crippen LogP contribution in [0.3, 0.4) is 0 Å². The van der Waals surface area contributed by atoms with Gasteiger partial charge in [-0.1, -0.05) is 48.5 Å². The fraction of sp³-hybridized carbons (Fsp3) is 0.346. The fourth-order valence-electron chi connectivity index (χ4n) is 4.70. The minimum atomic E-state index is -2.48. The van der Waals surface area contributed by atoms with E-state index in [2.05, 4.69) is 29.6 Å². The van der Waals surface area contributed by atoms with E-state index >= 15 is 0 Å². The summed E-state index contributed by atoms with van der Waals surface area (Å²) < 4.78 is 0. The number of hydrogen-bond donors (Lipinski definition) is 2. The third kappa shape index (κ3) is 4.74. The van der Waals surface area contributed by atoms with Crippen LogP contribution in [0.4, 0.5) is 0 Å². The maximum atomic E-state index is 13.3. The maximum Gasteiger partial charge on any atom is 0.253 e. The molecule has 0 bridgehead atoms. The second-order valence-electron chi connectivity index (χ2n) is 9.14. The Bertz CT molecular complexity index is 1080. The molecule has 0 aliphatic carbocycles. The van der Waals surface area contributed by atoms with Gasteiger partial charge in [0.1, 0.15) is 0 Å². The van der Waals surface area contributed by atoms with Gasteiger partial charge in [-0.3, -0.25) is 4.79 Å². The number of likely N-dealkylation sites (tertiary alicyclic amines) is 1. The Labute approximate surface area is 186 Å². The molecule has 162 valence electrons. The van der Waals surface area contributed by atoms with E-state index < -0.39 is 8.32 Å². The van der Waals surface area contributed by atoms with Gasteiger partial charge in [0.2, 0.25) is 8.32 Å². The molecule has 1 amide bonds. The lowest BCUT2D eigenvalue weighted by Crippen LogP contribution is -2.42. The molecule has 1 heterocycles. The monoisotopic (exact) mass is 432 g/mol. The van der Waals surface area contributed by atoms with Gasteiger partial charge >= 0.3 is 0 Å². The Morgan fingerprint density at radius 3 is 2.52 bits per heavy atom. The first-order chi connectivity index (χ1) is 14.9. The summed E-state index contributed by atoms with van der Waals surface area (Å²) in [6.45, 7) is 6.28. The highest BCUT2D eigenvalue weighted by molar-refractivity contribution is 6.85. The number of benzene rings is 3. The van der Waals surface area contributed by atoms with Crippen molar-refractivity contribution in [1.29, 1.82) is 0 Å². The van der Waals surface area contributed by atoms with Gasteiger partial charge in [0.15, 0.2) is 0 Å². The van der Waals surface area contributed by atoms with E-state index in [0.29, 0.717) is 11.5 Å². The number of piperidine rings is 1. The number of hydrogen-bond acceptors (Lipinski definition) is 3. The molecule has 3 aromatic carbocycles. The minimum absolute atomic E-state index is 0.0940. The number of carbonyl (C=O) groups excluding carboxylic acids is 1. The van der Waals surface area contributed by atoms with Crippen molar-refractivity contribution < 1.29 is 9.59 Å². The van der Waals surface area contributed by atoms with Crippen molar-refractivity contribution in [2.75, 3.05) is 20.1 Å². The van der Waals surface area contributed by atoms with Crippen molar-refractivity contribution >= 4 is 30.2 Å². The van der Waals surface area contributed by atoms with E-state index in [4.69, 9.17) is 0 Å². The molecule has 31 heavy (non-hydrogen) atoms. The van der Waals surface area contributed by atoms with Crippen LogP contribution in [0.25, 0.3) is 10.8 Å². The average Bonchev–Trinajstić information content (AvgIpc) is 2.78. The van der Waals surface area contributed by atoms with Gasteiger partial charge in [-0.05, 0) is 78.1 Å². The molecule has 4 nitrogen and oxygen atoms in total. The zero-order chi connectivity index (χ0) is 22.0. The third-order valence-electron chi connectivity index (χ3n) is 6.37. The first-order valence-corrected chi connectivity index (χ1v) is 14.1. The Kier molecular flexibility index (Phi) is 6.28. The molecule has 0 unspecified atom stereocenters. The summed E-state index contributed by atoms with van der Waals surface area (Å²) in [5.74, 6) is 0.599. The van der Waals surface area contributed by atoms with Crippen LogP contribution in [0, 0.1) is 0 Å². The van der Waals surface area contributed by atoms with E-state index in [1.165, 1.54) is 11.1 Å². The number of nitrogens with zero attached hydrogens (tertiary/aromatic N) is 1. The second-order valence-corrected chi connectivity index (χ2v) is 12.8. The first-order valence-electron chi connectivity index (χ1n) is 11.1. The van der Waals surface area contributed by atoms with Gasteiger partial charge in [-0.15, -0.1) is 0 Å². The molecular weight excluding hydrogens is 400 g/mol. The van der Waals surface area contributed by atoms with Gasteiger partial charge in [-0.2, -0.15) is 0 Å². The summed E-state index contributed by atoms with van der Waals surface area (Å²) in [6.07, 6.45) is 1.98. The molecule has 3 aromatic rings. The highest BCUT2D eigenvalue weighted by atomic mass is 28.4. The van der Waals surface area contributed by atoms with E-state index in [1.54, 1.807) is 0 Å². The Morgan fingerprint density at radius 1 is 1.06 bits per heavy atom. The second kappa shape index (κ2) is 8.95. The predicted octanol–water partition coefficient (Wildman–Crippen LogP) is 3.98. The van der Waals surface area contributed by atoms with Crippen molar-refractivity contribution in [2.24, 2.45) is 0 Å². The third-order valence-corrected chi connectivity index (χ3v) is 8.13. The topological polar surface area (TPSA) is 52.6 Å². The summed E-state index contributed by atoms with van der Waals surface area (Å²) >= 11 is 0.